The topological polar surface area (TPSA) is 61.7 Å². The van der Waals surface area contributed by atoms with Crippen LogP contribution in [0.25, 0.3) is 0 Å². The summed E-state index contributed by atoms with van der Waals surface area (Å²) in [6.45, 7) is 2.22. The molecule has 0 spiro atoms. The zero-order chi connectivity index (χ0) is 14.4. The number of para-hydroxylation sites is 1. The van der Waals surface area contributed by atoms with Crippen LogP contribution in [-0.2, 0) is 0 Å². The first-order valence-corrected chi connectivity index (χ1v) is 7.34. The number of hydrazone groups is 1. The minimum atomic E-state index is -0.355. The highest BCUT2D eigenvalue weighted by atomic mass is 16.3. The fourth-order valence-electron chi connectivity index (χ4n) is 2.68. The highest BCUT2D eigenvalue weighted by molar-refractivity contribution is 5.97. The van der Waals surface area contributed by atoms with Crippen LogP contribution in [0, 0.1) is 5.92 Å². The number of hydrogen-bond donors (Lipinski definition) is 2. The molecular formula is C16H22N2O2. The number of carbonyl (C=O) groups is 1. The van der Waals surface area contributed by atoms with Crippen LogP contribution in [0.4, 0.5) is 0 Å². The molecule has 0 radical (unpaired) electrons. The van der Waals surface area contributed by atoms with Gasteiger partial charge in [0.05, 0.1) is 5.56 Å². The minimum absolute atomic E-state index is 0.0168. The van der Waals surface area contributed by atoms with Gasteiger partial charge < -0.3 is 5.11 Å². The molecule has 0 unspecified atom stereocenters. The molecule has 0 aliphatic heterocycles. The Morgan fingerprint density at radius 1 is 1.35 bits per heavy atom. The predicted octanol–water partition coefficient (Wildman–Crippen LogP) is 3.47. The lowest BCUT2D eigenvalue weighted by Crippen LogP contribution is -2.22. The molecule has 0 heterocycles. The van der Waals surface area contributed by atoms with Crippen molar-refractivity contribution in [3.63, 3.8) is 0 Å². The maximum absolute atomic E-state index is 11.9. The van der Waals surface area contributed by atoms with Gasteiger partial charge in [0.25, 0.3) is 5.91 Å². The molecule has 2 N–H and O–H groups in total. The third-order valence-electron chi connectivity index (χ3n) is 3.84. The van der Waals surface area contributed by atoms with Crippen LogP contribution in [0.5, 0.6) is 5.75 Å². The van der Waals surface area contributed by atoms with Crippen molar-refractivity contribution >= 4 is 11.6 Å². The molecule has 1 aliphatic carbocycles. The number of nitrogens with zero attached hydrogens (tertiary/aromatic N) is 1. The van der Waals surface area contributed by atoms with Crippen LogP contribution in [0.3, 0.4) is 0 Å². The molecular weight excluding hydrogens is 252 g/mol. The fourth-order valence-corrected chi connectivity index (χ4v) is 2.68. The second-order valence-corrected chi connectivity index (χ2v) is 5.37. The summed E-state index contributed by atoms with van der Waals surface area (Å²) >= 11 is 0. The van der Waals surface area contributed by atoms with Gasteiger partial charge in [-0.2, -0.15) is 5.10 Å². The zero-order valence-electron chi connectivity index (χ0n) is 11.9. The van der Waals surface area contributed by atoms with Gasteiger partial charge in [-0.15, -0.1) is 0 Å². The molecule has 20 heavy (non-hydrogen) atoms. The van der Waals surface area contributed by atoms with Crippen LogP contribution < -0.4 is 5.43 Å². The SMILES string of the molecule is CCCC1CCC(=NNC(=O)c2ccccc2O)CC1. The van der Waals surface area contributed by atoms with Crippen molar-refractivity contribution < 1.29 is 9.90 Å². The average molecular weight is 274 g/mol. The van der Waals surface area contributed by atoms with E-state index in [0.29, 0.717) is 0 Å². The van der Waals surface area contributed by atoms with Crippen molar-refractivity contribution in [1.82, 2.24) is 5.43 Å². The first-order valence-electron chi connectivity index (χ1n) is 7.34. The summed E-state index contributed by atoms with van der Waals surface area (Å²) in [7, 11) is 0. The Labute approximate surface area is 119 Å². The molecule has 4 heteroatoms. The number of rotatable bonds is 4. The molecule has 1 aromatic rings. The second-order valence-electron chi connectivity index (χ2n) is 5.37. The van der Waals surface area contributed by atoms with Crippen molar-refractivity contribution in [2.24, 2.45) is 11.0 Å². The third-order valence-corrected chi connectivity index (χ3v) is 3.84. The molecule has 1 aliphatic rings. The summed E-state index contributed by atoms with van der Waals surface area (Å²) in [5.74, 6) is 0.441. The summed E-state index contributed by atoms with van der Waals surface area (Å²) in [4.78, 5) is 11.9. The lowest BCUT2D eigenvalue weighted by atomic mass is 9.85. The van der Waals surface area contributed by atoms with Crippen LogP contribution in [0.1, 0.15) is 55.8 Å². The Hall–Kier alpha value is -1.84. The Bertz CT molecular complexity index is 487. The highest BCUT2D eigenvalue weighted by Crippen LogP contribution is 2.26. The molecule has 0 bridgehead atoms. The second kappa shape index (κ2) is 7.08. The van der Waals surface area contributed by atoms with E-state index in [1.165, 1.54) is 31.7 Å². The van der Waals surface area contributed by atoms with Gasteiger partial charge in [0.15, 0.2) is 0 Å². The van der Waals surface area contributed by atoms with Gasteiger partial charge in [-0.1, -0.05) is 31.9 Å². The molecule has 1 saturated carbocycles. The Balaban J connectivity index is 1.88. The molecule has 4 nitrogen and oxygen atoms in total. The van der Waals surface area contributed by atoms with E-state index in [1.54, 1.807) is 18.2 Å². The van der Waals surface area contributed by atoms with E-state index in [2.05, 4.69) is 17.5 Å². The lowest BCUT2D eigenvalue weighted by Gasteiger charge is -2.22. The van der Waals surface area contributed by atoms with E-state index in [0.717, 1.165) is 24.5 Å². The number of hydrogen-bond acceptors (Lipinski definition) is 3. The molecule has 0 saturated heterocycles. The largest absolute Gasteiger partial charge is 0.507 e. The van der Waals surface area contributed by atoms with Crippen LogP contribution in [0.2, 0.25) is 0 Å². The van der Waals surface area contributed by atoms with Crippen LogP contribution in [-0.4, -0.2) is 16.7 Å². The van der Waals surface area contributed by atoms with Gasteiger partial charge in [0.2, 0.25) is 0 Å². The molecule has 0 atom stereocenters. The summed E-state index contributed by atoms with van der Waals surface area (Å²) < 4.78 is 0. The zero-order valence-corrected chi connectivity index (χ0v) is 11.9. The minimum Gasteiger partial charge on any atom is -0.507 e. The summed E-state index contributed by atoms with van der Waals surface area (Å²) in [6.07, 6.45) is 6.79. The molecule has 0 aromatic heterocycles. The number of phenols is 1. The lowest BCUT2D eigenvalue weighted by molar-refractivity contribution is 0.0952. The van der Waals surface area contributed by atoms with Crippen molar-refractivity contribution in [2.45, 2.75) is 45.4 Å². The maximum atomic E-state index is 11.9. The molecule has 1 amide bonds. The average Bonchev–Trinajstić information content (AvgIpc) is 2.47. The van der Waals surface area contributed by atoms with Crippen molar-refractivity contribution in [2.75, 3.05) is 0 Å². The predicted molar refractivity (Wildman–Crippen MR) is 79.9 cm³/mol. The first kappa shape index (κ1) is 14.6. The van der Waals surface area contributed by atoms with E-state index >= 15 is 0 Å². The number of phenolic OH excluding ortho intramolecular Hbond substituents is 1. The van der Waals surface area contributed by atoms with E-state index in [9.17, 15) is 9.90 Å². The standard InChI is InChI=1S/C16H22N2O2/c1-2-5-12-8-10-13(11-9-12)17-18-16(20)14-6-3-4-7-15(14)19/h3-4,6-7,12,19H,2,5,8-11H2,1H3,(H,18,20). The number of amides is 1. The van der Waals surface area contributed by atoms with Crippen molar-refractivity contribution in [1.29, 1.82) is 0 Å². The van der Waals surface area contributed by atoms with Gasteiger partial charge >= 0.3 is 0 Å². The number of benzene rings is 1. The highest BCUT2D eigenvalue weighted by Gasteiger charge is 2.17. The van der Waals surface area contributed by atoms with E-state index in [1.807, 2.05) is 0 Å². The molecule has 1 fully saturated rings. The summed E-state index contributed by atoms with van der Waals surface area (Å²) in [5.41, 5.74) is 3.86. The van der Waals surface area contributed by atoms with E-state index in [4.69, 9.17) is 0 Å². The normalized spacial score (nSPS) is 18.6. The van der Waals surface area contributed by atoms with Gasteiger partial charge in [-0.3, -0.25) is 4.79 Å². The van der Waals surface area contributed by atoms with Gasteiger partial charge in [-0.05, 0) is 43.7 Å². The monoisotopic (exact) mass is 274 g/mol. The molecule has 108 valence electrons. The third kappa shape index (κ3) is 3.83. The van der Waals surface area contributed by atoms with Gasteiger partial charge in [-0.25, -0.2) is 5.43 Å². The molecule has 2 rings (SSSR count). The van der Waals surface area contributed by atoms with Crippen molar-refractivity contribution in [3.05, 3.63) is 29.8 Å². The van der Waals surface area contributed by atoms with Gasteiger partial charge in [0, 0.05) is 5.71 Å². The Morgan fingerprint density at radius 2 is 2.05 bits per heavy atom. The first-order chi connectivity index (χ1) is 9.70. The van der Waals surface area contributed by atoms with Crippen LogP contribution in [0.15, 0.2) is 29.4 Å². The fraction of sp³-hybridized carbons (Fsp3) is 0.500. The Kier molecular flexibility index (Phi) is 5.16. The summed E-state index contributed by atoms with van der Waals surface area (Å²) in [5, 5.41) is 13.8. The van der Waals surface area contributed by atoms with Crippen LogP contribution >= 0.6 is 0 Å². The maximum Gasteiger partial charge on any atom is 0.275 e. The van der Waals surface area contributed by atoms with E-state index < -0.39 is 0 Å². The van der Waals surface area contributed by atoms with Gasteiger partial charge in [0.1, 0.15) is 5.75 Å². The molecule has 1 aromatic carbocycles. The number of nitrogens with one attached hydrogen (secondary N) is 1. The quantitative estimate of drug-likeness (QED) is 0.826. The number of carbonyl (C=O) groups excluding carboxylic acids is 1. The summed E-state index contributed by atoms with van der Waals surface area (Å²) in [6, 6.07) is 6.49. The number of aromatic hydroxyl groups is 1. The van der Waals surface area contributed by atoms with Crippen molar-refractivity contribution in [3.8, 4) is 5.75 Å². The van der Waals surface area contributed by atoms with E-state index in [-0.39, 0.29) is 17.2 Å². The Morgan fingerprint density at radius 3 is 2.70 bits per heavy atom. The smallest absolute Gasteiger partial charge is 0.275 e.